The van der Waals surface area contributed by atoms with Crippen molar-refractivity contribution in [2.75, 3.05) is 0 Å². The third kappa shape index (κ3) is 2.97. The lowest BCUT2D eigenvalue weighted by molar-refractivity contribution is 0.473. The second kappa shape index (κ2) is 6.98. The zero-order chi connectivity index (χ0) is 21.7. The minimum Gasteiger partial charge on any atom is -0.506 e. The Kier molecular flexibility index (Phi) is 3.97. The van der Waals surface area contributed by atoms with Gasteiger partial charge in [0.15, 0.2) is 11.5 Å². The Morgan fingerprint density at radius 3 is 2.72 bits per heavy atom. The minimum atomic E-state index is -0.306. The molecule has 0 fully saturated rings. The van der Waals surface area contributed by atoms with Gasteiger partial charge in [0.25, 0.3) is 0 Å². The molecule has 0 atom stereocenters. The van der Waals surface area contributed by atoms with E-state index in [9.17, 15) is 9.50 Å². The molecule has 7 nitrogen and oxygen atoms in total. The number of benzene rings is 2. The fraction of sp³-hybridized carbons (Fsp3) is 0. The van der Waals surface area contributed by atoms with E-state index in [2.05, 4.69) is 30.1 Å². The first-order chi connectivity index (χ1) is 15.7. The van der Waals surface area contributed by atoms with Gasteiger partial charge in [0.1, 0.15) is 17.3 Å². The molecule has 0 spiro atoms. The van der Waals surface area contributed by atoms with Gasteiger partial charge in [-0.05, 0) is 47.5 Å². The number of halogens is 1. The molecule has 4 aromatic heterocycles. The van der Waals surface area contributed by atoms with Crippen molar-refractivity contribution in [2.24, 2.45) is 0 Å². The molecule has 0 saturated heterocycles. The maximum atomic E-state index is 13.8. The zero-order valence-electron chi connectivity index (χ0n) is 16.5. The van der Waals surface area contributed by atoms with Crippen LogP contribution in [0, 0.1) is 5.82 Å². The van der Waals surface area contributed by atoms with Gasteiger partial charge < -0.3 is 10.1 Å². The van der Waals surface area contributed by atoms with E-state index in [1.807, 2.05) is 30.3 Å². The summed E-state index contributed by atoms with van der Waals surface area (Å²) < 4.78 is 13.8. The molecule has 32 heavy (non-hydrogen) atoms. The third-order valence-electron chi connectivity index (χ3n) is 5.37. The molecule has 8 heteroatoms. The molecule has 6 aromatic rings. The molecule has 0 aliphatic carbocycles. The molecule has 6 rings (SSSR count). The largest absolute Gasteiger partial charge is 0.506 e. The standard InChI is InChI=1S/C24H15FN6O/c25-16-3-1-2-14(8-16)18-6-7-27-23-21(18)28-24(29-23)22-19-10-13(4-5-20(19)30-31-22)15-9-17(32)12-26-11-15/h1-12,32H,(H,30,31)(H,27,28,29). The quantitative estimate of drug-likeness (QED) is 0.369. The van der Waals surface area contributed by atoms with E-state index >= 15 is 0 Å². The van der Waals surface area contributed by atoms with Gasteiger partial charge in [-0.1, -0.05) is 18.2 Å². The van der Waals surface area contributed by atoms with Gasteiger partial charge in [-0.3, -0.25) is 10.1 Å². The monoisotopic (exact) mass is 422 g/mol. The van der Waals surface area contributed by atoms with E-state index in [1.165, 1.54) is 18.3 Å². The van der Waals surface area contributed by atoms with Crippen molar-refractivity contribution in [3.8, 4) is 39.5 Å². The summed E-state index contributed by atoms with van der Waals surface area (Å²) in [5.41, 5.74) is 5.92. The lowest BCUT2D eigenvalue weighted by Gasteiger charge is -2.03. The van der Waals surface area contributed by atoms with E-state index in [0.717, 1.165) is 33.2 Å². The average molecular weight is 422 g/mol. The molecule has 4 heterocycles. The van der Waals surface area contributed by atoms with Crippen molar-refractivity contribution in [3.05, 3.63) is 79.0 Å². The summed E-state index contributed by atoms with van der Waals surface area (Å²) in [4.78, 5) is 16.4. The minimum absolute atomic E-state index is 0.100. The van der Waals surface area contributed by atoms with Crippen LogP contribution < -0.4 is 0 Å². The van der Waals surface area contributed by atoms with E-state index in [0.29, 0.717) is 22.7 Å². The van der Waals surface area contributed by atoms with Crippen LogP contribution >= 0.6 is 0 Å². The Bertz CT molecular complexity index is 1620. The van der Waals surface area contributed by atoms with Crippen molar-refractivity contribution in [2.45, 2.75) is 0 Å². The summed E-state index contributed by atoms with van der Waals surface area (Å²) in [6.45, 7) is 0. The highest BCUT2D eigenvalue weighted by Crippen LogP contribution is 2.33. The molecule has 0 aliphatic heterocycles. The molecule has 3 N–H and O–H groups in total. The van der Waals surface area contributed by atoms with Crippen molar-refractivity contribution in [3.63, 3.8) is 0 Å². The van der Waals surface area contributed by atoms with E-state index in [1.54, 1.807) is 24.5 Å². The van der Waals surface area contributed by atoms with E-state index < -0.39 is 0 Å². The number of H-pyrrole nitrogens is 2. The van der Waals surface area contributed by atoms with Gasteiger partial charge in [-0.25, -0.2) is 14.4 Å². The maximum Gasteiger partial charge on any atom is 0.178 e. The predicted molar refractivity (Wildman–Crippen MR) is 119 cm³/mol. The molecule has 0 saturated carbocycles. The first-order valence-electron chi connectivity index (χ1n) is 9.89. The highest BCUT2D eigenvalue weighted by molar-refractivity contribution is 5.97. The van der Waals surface area contributed by atoms with Crippen LogP contribution in [0.5, 0.6) is 5.75 Å². The van der Waals surface area contributed by atoms with Crippen LogP contribution in [0.3, 0.4) is 0 Å². The second-order valence-corrected chi connectivity index (χ2v) is 7.42. The molecular weight excluding hydrogens is 407 g/mol. The first kappa shape index (κ1) is 18.2. The third-order valence-corrected chi connectivity index (χ3v) is 5.37. The van der Waals surface area contributed by atoms with Crippen molar-refractivity contribution in [1.82, 2.24) is 30.1 Å². The lowest BCUT2D eigenvalue weighted by Crippen LogP contribution is -1.84. The topological polar surface area (TPSA) is 103 Å². The summed E-state index contributed by atoms with van der Waals surface area (Å²) in [7, 11) is 0. The number of rotatable bonds is 3. The Balaban J connectivity index is 1.51. The molecule has 0 amide bonds. The summed E-state index contributed by atoms with van der Waals surface area (Å²) >= 11 is 0. The molecule has 0 radical (unpaired) electrons. The number of fused-ring (bicyclic) bond motifs is 2. The van der Waals surface area contributed by atoms with Gasteiger partial charge in [-0.2, -0.15) is 5.10 Å². The Hall–Kier alpha value is -4.59. The van der Waals surface area contributed by atoms with Crippen LogP contribution in [0.15, 0.2) is 73.2 Å². The Labute approximate surface area is 180 Å². The average Bonchev–Trinajstić information content (AvgIpc) is 3.42. The number of hydrogen-bond acceptors (Lipinski definition) is 5. The summed E-state index contributed by atoms with van der Waals surface area (Å²) in [5, 5.41) is 18.1. The smallest absolute Gasteiger partial charge is 0.178 e. The summed E-state index contributed by atoms with van der Waals surface area (Å²) in [6, 6.07) is 15.7. The van der Waals surface area contributed by atoms with Crippen LogP contribution in [-0.2, 0) is 0 Å². The van der Waals surface area contributed by atoms with Gasteiger partial charge in [-0.15, -0.1) is 0 Å². The van der Waals surface area contributed by atoms with E-state index in [4.69, 9.17) is 0 Å². The number of aromatic hydroxyl groups is 1. The van der Waals surface area contributed by atoms with Crippen LogP contribution in [0.1, 0.15) is 0 Å². The summed E-state index contributed by atoms with van der Waals surface area (Å²) in [6.07, 6.45) is 4.74. The Morgan fingerprint density at radius 1 is 0.906 bits per heavy atom. The highest BCUT2D eigenvalue weighted by Gasteiger charge is 2.16. The van der Waals surface area contributed by atoms with Crippen molar-refractivity contribution in [1.29, 1.82) is 0 Å². The SMILES string of the molecule is Oc1cncc(-c2ccc3[nH]nc(-c4nc5nccc(-c6cccc(F)c6)c5[nH]4)c3c2)c1. The van der Waals surface area contributed by atoms with Gasteiger partial charge in [0.2, 0.25) is 0 Å². The number of pyridine rings is 2. The lowest BCUT2D eigenvalue weighted by atomic mass is 10.0. The zero-order valence-corrected chi connectivity index (χ0v) is 16.5. The van der Waals surface area contributed by atoms with Gasteiger partial charge in [0, 0.05) is 28.9 Å². The van der Waals surface area contributed by atoms with Crippen LogP contribution in [0.4, 0.5) is 4.39 Å². The number of nitrogens with zero attached hydrogens (tertiary/aromatic N) is 4. The predicted octanol–water partition coefficient (Wildman–Crippen LogP) is 5.07. The van der Waals surface area contributed by atoms with Crippen molar-refractivity contribution < 1.29 is 9.50 Å². The fourth-order valence-electron chi connectivity index (χ4n) is 3.88. The fourth-order valence-corrected chi connectivity index (χ4v) is 3.88. The number of imidazole rings is 1. The molecule has 0 bridgehead atoms. The number of hydrogen-bond donors (Lipinski definition) is 3. The molecule has 0 unspecified atom stereocenters. The number of aromatic nitrogens is 6. The Morgan fingerprint density at radius 2 is 1.84 bits per heavy atom. The normalized spacial score (nSPS) is 11.4. The molecule has 154 valence electrons. The molecular formula is C24H15FN6O. The first-order valence-corrected chi connectivity index (χ1v) is 9.89. The van der Waals surface area contributed by atoms with E-state index in [-0.39, 0.29) is 11.6 Å². The summed E-state index contributed by atoms with van der Waals surface area (Å²) in [5.74, 6) is 0.344. The van der Waals surface area contributed by atoms with Gasteiger partial charge >= 0.3 is 0 Å². The second-order valence-electron chi connectivity index (χ2n) is 7.42. The van der Waals surface area contributed by atoms with Crippen LogP contribution in [-0.4, -0.2) is 35.2 Å². The highest BCUT2D eigenvalue weighted by atomic mass is 19.1. The van der Waals surface area contributed by atoms with Crippen LogP contribution in [0.2, 0.25) is 0 Å². The number of nitrogens with one attached hydrogen (secondary N) is 2. The molecule has 0 aliphatic rings. The maximum absolute atomic E-state index is 13.8. The number of aromatic amines is 2. The molecule has 2 aromatic carbocycles. The van der Waals surface area contributed by atoms with Crippen LogP contribution in [0.25, 0.3) is 55.8 Å². The van der Waals surface area contributed by atoms with Crippen molar-refractivity contribution >= 4 is 22.1 Å². The van der Waals surface area contributed by atoms with Gasteiger partial charge in [0.05, 0.1) is 17.2 Å².